The third-order valence-electron chi connectivity index (χ3n) is 5.25. The van der Waals surface area contributed by atoms with Crippen LogP contribution in [0.5, 0.6) is 0 Å². The van der Waals surface area contributed by atoms with Crippen LogP contribution < -0.4 is 10.6 Å². The summed E-state index contributed by atoms with van der Waals surface area (Å²) in [5, 5.41) is 6.82. The summed E-state index contributed by atoms with van der Waals surface area (Å²) in [6.07, 6.45) is 7.92. The summed E-state index contributed by atoms with van der Waals surface area (Å²) in [5.41, 5.74) is 0. The predicted molar refractivity (Wildman–Crippen MR) is 88.0 cm³/mol. The molecule has 126 valence electrons. The fourth-order valence-corrected chi connectivity index (χ4v) is 4.18. The van der Waals surface area contributed by atoms with Crippen molar-refractivity contribution in [2.75, 3.05) is 6.54 Å². The Hall–Kier alpha value is -0.810. The van der Waals surface area contributed by atoms with Gasteiger partial charge in [-0.15, -0.1) is 12.4 Å². The van der Waals surface area contributed by atoms with Gasteiger partial charge in [0.2, 0.25) is 11.8 Å². The Morgan fingerprint density at radius 3 is 2.45 bits per heavy atom. The first kappa shape index (κ1) is 17.5. The summed E-state index contributed by atoms with van der Waals surface area (Å²) in [6.45, 7) is 2.61. The summed E-state index contributed by atoms with van der Waals surface area (Å²) in [6, 6.07) is 1.21. The summed E-state index contributed by atoms with van der Waals surface area (Å²) in [4.78, 5) is 26.4. The lowest BCUT2D eigenvalue weighted by Gasteiger charge is -2.37. The number of carbonyl (C=O) groups excluding carboxylic acids is 2. The summed E-state index contributed by atoms with van der Waals surface area (Å²) >= 11 is 0. The van der Waals surface area contributed by atoms with E-state index in [1.807, 2.05) is 6.92 Å². The van der Waals surface area contributed by atoms with Crippen molar-refractivity contribution in [1.82, 2.24) is 15.5 Å². The molecule has 0 saturated carbocycles. The average Bonchev–Trinajstić information content (AvgIpc) is 2.85. The third-order valence-corrected chi connectivity index (χ3v) is 5.25. The van der Waals surface area contributed by atoms with Crippen LogP contribution in [0.25, 0.3) is 0 Å². The second kappa shape index (κ2) is 7.64. The van der Waals surface area contributed by atoms with Crippen LogP contribution in [0, 0.1) is 0 Å². The Bertz CT molecular complexity index is 406. The van der Waals surface area contributed by atoms with Crippen molar-refractivity contribution in [2.24, 2.45) is 0 Å². The van der Waals surface area contributed by atoms with Crippen LogP contribution in [-0.4, -0.2) is 47.4 Å². The molecule has 0 aliphatic carbocycles. The number of hydrogen-bond acceptors (Lipinski definition) is 3. The summed E-state index contributed by atoms with van der Waals surface area (Å²) < 4.78 is 0. The molecule has 0 spiro atoms. The number of amides is 2. The van der Waals surface area contributed by atoms with Gasteiger partial charge in [-0.2, -0.15) is 0 Å². The van der Waals surface area contributed by atoms with Gasteiger partial charge in [0.25, 0.3) is 0 Å². The molecule has 3 aliphatic rings. The molecule has 0 aromatic rings. The van der Waals surface area contributed by atoms with Crippen LogP contribution in [0.15, 0.2) is 0 Å². The first-order chi connectivity index (χ1) is 10.2. The Kier molecular flexibility index (Phi) is 6.09. The number of carbonyl (C=O) groups is 2. The van der Waals surface area contributed by atoms with Crippen LogP contribution in [-0.2, 0) is 9.59 Å². The standard InChI is InChI=1S/C16H27N3O2.ClH/c1-2-15(20)19-8-4-3-5-14(19)16(21)18-13-9-11-6-7-12(10-13)17-11;/h11-14,17H,2-10H2,1H3,(H,18,21);1H. The molecule has 3 unspecified atom stereocenters. The fraction of sp³-hybridized carbons (Fsp3) is 0.875. The second-order valence-electron chi connectivity index (χ2n) is 6.77. The van der Waals surface area contributed by atoms with Gasteiger partial charge in [0.15, 0.2) is 0 Å². The Balaban J connectivity index is 0.00000176. The van der Waals surface area contributed by atoms with E-state index >= 15 is 0 Å². The zero-order valence-corrected chi connectivity index (χ0v) is 14.2. The van der Waals surface area contributed by atoms with Crippen LogP contribution >= 0.6 is 12.4 Å². The van der Waals surface area contributed by atoms with Gasteiger partial charge in [0, 0.05) is 31.1 Å². The number of fused-ring (bicyclic) bond motifs is 2. The van der Waals surface area contributed by atoms with Crippen molar-refractivity contribution in [1.29, 1.82) is 0 Å². The molecular formula is C16H28ClN3O2. The number of piperidine rings is 2. The lowest BCUT2D eigenvalue weighted by atomic mass is 9.97. The number of hydrogen-bond donors (Lipinski definition) is 2. The highest BCUT2D eigenvalue weighted by Crippen LogP contribution is 2.27. The minimum atomic E-state index is -0.237. The van der Waals surface area contributed by atoms with Gasteiger partial charge in [-0.3, -0.25) is 9.59 Å². The molecular weight excluding hydrogens is 302 g/mol. The highest BCUT2D eigenvalue weighted by molar-refractivity contribution is 5.88. The Labute approximate surface area is 139 Å². The maximum absolute atomic E-state index is 12.6. The van der Waals surface area contributed by atoms with E-state index in [4.69, 9.17) is 0 Å². The third kappa shape index (κ3) is 3.74. The number of rotatable bonds is 3. The van der Waals surface area contributed by atoms with E-state index in [1.54, 1.807) is 4.90 Å². The van der Waals surface area contributed by atoms with Crippen LogP contribution in [0.3, 0.4) is 0 Å². The highest BCUT2D eigenvalue weighted by Gasteiger charge is 2.37. The molecule has 3 heterocycles. The molecule has 0 radical (unpaired) electrons. The smallest absolute Gasteiger partial charge is 0.243 e. The maximum Gasteiger partial charge on any atom is 0.243 e. The van der Waals surface area contributed by atoms with Crippen molar-refractivity contribution in [3.05, 3.63) is 0 Å². The largest absolute Gasteiger partial charge is 0.351 e. The molecule has 2 bridgehead atoms. The van der Waals surface area contributed by atoms with E-state index in [0.717, 1.165) is 38.6 Å². The molecule has 6 heteroatoms. The van der Waals surface area contributed by atoms with E-state index < -0.39 is 0 Å². The van der Waals surface area contributed by atoms with Crippen LogP contribution in [0.2, 0.25) is 0 Å². The molecule has 0 aromatic carbocycles. The van der Waals surface area contributed by atoms with Gasteiger partial charge < -0.3 is 15.5 Å². The van der Waals surface area contributed by atoms with Crippen molar-refractivity contribution in [2.45, 2.75) is 82.5 Å². The lowest BCUT2D eigenvalue weighted by Crippen LogP contribution is -2.56. The predicted octanol–water partition coefficient (Wildman–Crippen LogP) is 1.60. The first-order valence-corrected chi connectivity index (χ1v) is 8.53. The van der Waals surface area contributed by atoms with Crippen molar-refractivity contribution >= 4 is 24.2 Å². The molecule has 3 fully saturated rings. The average molecular weight is 330 g/mol. The van der Waals surface area contributed by atoms with Gasteiger partial charge in [-0.1, -0.05) is 6.92 Å². The second-order valence-corrected chi connectivity index (χ2v) is 6.77. The number of nitrogens with one attached hydrogen (secondary N) is 2. The summed E-state index contributed by atoms with van der Waals surface area (Å²) in [5.74, 6) is 0.183. The lowest BCUT2D eigenvalue weighted by molar-refractivity contribution is -0.142. The summed E-state index contributed by atoms with van der Waals surface area (Å²) in [7, 11) is 0. The van der Waals surface area contributed by atoms with Crippen molar-refractivity contribution in [3.8, 4) is 0 Å². The zero-order chi connectivity index (χ0) is 14.8. The molecule has 22 heavy (non-hydrogen) atoms. The van der Waals surface area contributed by atoms with Crippen LogP contribution in [0.4, 0.5) is 0 Å². The molecule has 3 saturated heterocycles. The zero-order valence-electron chi connectivity index (χ0n) is 13.3. The number of likely N-dealkylation sites (tertiary alicyclic amines) is 1. The van der Waals surface area contributed by atoms with E-state index in [9.17, 15) is 9.59 Å². The van der Waals surface area contributed by atoms with Crippen molar-refractivity contribution < 1.29 is 9.59 Å². The first-order valence-electron chi connectivity index (χ1n) is 8.53. The normalized spacial score (nSPS) is 34.0. The highest BCUT2D eigenvalue weighted by atomic mass is 35.5. The minimum Gasteiger partial charge on any atom is -0.351 e. The van der Waals surface area contributed by atoms with Crippen molar-refractivity contribution in [3.63, 3.8) is 0 Å². The van der Waals surface area contributed by atoms with Gasteiger partial charge in [-0.05, 0) is 44.9 Å². The molecule has 3 atom stereocenters. The van der Waals surface area contributed by atoms with E-state index in [1.165, 1.54) is 12.8 Å². The van der Waals surface area contributed by atoms with Gasteiger partial charge in [0.05, 0.1) is 0 Å². The Morgan fingerprint density at radius 2 is 1.82 bits per heavy atom. The van der Waals surface area contributed by atoms with E-state index in [-0.39, 0.29) is 36.3 Å². The monoisotopic (exact) mass is 329 g/mol. The number of halogens is 1. The topological polar surface area (TPSA) is 61.4 Å². The van der Waals surface area contributed by atoms with Gasteiger partial charge >= 0.3 is 0 Å². The van der Waals surface area contributed by atoms with Crippen LogP contribution in [0.1, 0.15) is 58.3 Å². The van der Waals surface area contributed by atoms with Gasteiger partial charge in [-0.25, -0.2) is 0 Å². The molecule has 5 nitrogen and oxygen atoms in total. The quantitative estimate of drug-likeness (QED) is 0.826. The molecule has 0 aromatic heterocycles. The van der Waals surface area contributed by atoms with E-state index in [0.29, 0.717) is 18.5 Å². The molecule has 3 aliphatic heterocycles. The minimum absolute atomic E-state index is 0. The Morgan fingerprint density at radius 1 is 1.14 bits per heavy atom. The molecule has 2 N–H and O–H groups in total. The molecule has 3 rings (SSSR count). The van der Waals surface area contributed by atoms with E-state index in [2.05, 4.69) is 10.6 Å². The fourth-order valence-electron chi connectivity index (χ4n) is 4.18. The van der Waals surface area contributed by atoms with Gasteiger partial charge in [0.1, 0.15) is 6.04 Å². The SMILES string of the molecule is CCC(=O)N1CCCCC1C(=O)NC1CC2CCC(C1)N2.Cl. The maximum atomic E-state index is 12.6. The molecule has 2 amide bonds. The number of nitrogens with zero attached hydrogens (tertiary/aromatic N) is 1.